The SMILES string of the molecule is Cc1ccc(Cl)cc1-n1nc(C(=O)Nc2cccc(Br)c2)nc1-c1ccc(F)cc1. The van der Waals surface area contributed by atoms with Gasteiger partial charge in [-0.3, -0.25) is 4.79 Å². The molecule has 0 radical (unpaired) electrons. The lowest BCUT2D eigenvalue weighted by Gasteiger charge is -2.09. The molecule has 1 amide bonds. The summed E-state index contributed by atoms with van der Waals surface area (Å²) in [4.78, 5) is 17.2. The maximum absolute atomic E-state index is 13.4. The number of anilines is 1. The monoisotopic (exact) mass is 484 g/mol. The van der Waals surface area contributed by atoms with Gasteiger partial charge < -0.3 is 5.32 Å². The van der Waals surface area contributed by atoms with Crippen molar-refractivity contribution in [2.75, 3.05) is 5.32 Å². The summed E-state index contributed by atoms with van der Waals surface area (Å²) in [7, 11) is 0. The topological polar surface area (TPSA) is 59.8 Å². The van der Waals surface area contributed by atoms with Crippen molar-refractivity contribution in [3.05, 3.63) is 93.4 Å². The number of halogens is 3. The molecule has 1 N–H and O–H groups in total. The predicted molar refractivity (Wildman–Crippen MR) is 119 cm³/mol. The predicted octanol–water partition coefficient (Wildman–Crippen LogP) is 6.05. The second-order valence-electron chi connectivity index (χ2n) is 6.57. The summed E-state index contributed by atoms with van der Waals surface area (Å²) in [5.41, 5.74) is 2.79. The molecule has 1 aromatic heterocycles. The molecule has 8 heteroatoms. The van der Waals surface area contributed by atoms with Crippen LogP contribution in [0.2, 0.25) is 5.02 Å². The van der Waals surface area contributed by atoms with Gasteiger partial charge in [0.25, 0.3) is 5.91 Å². The molecular formula is C22H15BrClFN4O. The maximum Gasteiger partial charge on any atom is 0.295 e. The van der Waals surface area contributed by atoms with Crippen molar-refractivity contribution in [3.8, 4) is 17.1 Å². The first-order valence-corrected chi connectivity index (χ1v) is 10.1. The minimum Gasteiger partial charge on any atom is -0.319 e. The van der Waals surface area contributed by atoms with E-state index in [0.29, 0.717) is 27.8 Å². The van der Waals surface area contributed by atoms with E-state index in [1.54, 1.807) is 41.1 Å². The molecular weight excluding hydrogens is 471 g/mol. The molecule has 0 spiro atoms. The van der Waals surface area contributed by atoms with Crippen molar-refractivity contribution in [2.45, 2.75) is 6.92 Å². The summed E-state index contributed by atoms with van der Waals surface area (Å²) in [5, 5.41) is 7.74. The highest BCUT2D eigenvalue weighted by Crippen LogP contribution is 2.26. The van der Waals surface area contributed by atoms with Gasteiger partial charge in [0.1, 0.15) is 5.82 Å². The maximum atomic E-state index is 13.4. The summed E-state index contributed by atoms with van der Waals surface area (Å²) >= 11 is 9.56. The molecule has 0 fully saturated rings. The third kappa shape index (κ3) is 4.27. The summed E-state index contributed by atoms with van der Waals surface area (Å²) in [6, 6.07) is 18.4. The van der Waals surface area contributed by atoms with Gasteiger partial charge in [0.05, 0.1) is 5.69 Å². The Kier molecular flexibility index (Phi) is 5.65. The zero-order valence-corrected chi connectivity index (χ0v) is 18.1. The van der Waals surface area contributed by atoms with Crippen LogP contribution in [0.5, 0.6) is 0 Å². The quantitative estimate of drug-likeness (QED) is 0.383. The fraction of sp³-hybridized carbons (Fsp3) is 0.0455. The van der Waals surface area contributed by atoms with Gasteiger partial charge in [-0.1, -0.05) is 39.7 Å². The first kappa shape index (κ1) is 20.3. The molecule has 4 aromatic rings. The average Bonchev–Trinajstić information content (AvgIpc) is 3.16. The van der Waals surface area contributed by atoms with Crippen LogP contribution in [0, 0.1) is 12.7 Å². The number of aryl methyl sites for hydroxylation is 1. The molecule has 1 heterocycles. The Bertz CT molecular complexity index is 1240. The number of amides is 1. The first-order valence-electron chi connectivity index (χ1n) is 8.97. The Morgan fingerprint density at radius 1 is 1.10 bits per heavy atom. The van der Waals surface area contributed by atoms with E-state index < -0.39 is 5.91 Å². The molecule has 0 saturated heterocycles. The number of benzene rings is 3. The summed E-state index contributed by atoms with van der Waals surface area (Å²) < 4.78 is 15.8. The number of aromatic nitrogens is 3. The Labute approximate surface area is 185 Å². The number of nitrogens with zero attached hydrogens (tertiary/aromatic N) is 3. The molecule has 0 aliphatic carbocycles. The highest BCUT2D eigenvalue weighted by molar-refractivity contribution is 9.10. The molecule has 4 rings (SSSR count). The molecule has 0 aliphatic heterocycles. The van der Waals surface area contributed by atoms with Crippen molar-refractivity contribution in [1.29, 1.82) is 0 Å². The molecule has 5 nitrogen and oxygen atoms in total. The van der Waals surface area contributed by atoms with E-state index in [9.17, 15) is 9.18 Å². The van der Waals surface area contributed by atoms with Crippen LogP contribution in [0.4, 0.5) is 10.1 Å². The van der Waals surface area contributed by atoms with Gasteiger partial charge in [-0.2, -0.15) is 0 Å². The van der Waals surface area contributed by atoms with E-state index in [0.717, 1.165) is 10.0 Å². The lowest BCUT2D eigenvalue weighted by atomic mass is 10.1. The standard InChI is InChI=1S/C22H15BrClFN4O/c1-13-5-8-16(24)12-19(13)29-21(14-6-9-17(25)10-7-14)27-20(28-29)22(30)26-18-4-2-3-15(23)11-18/h2-12H,1H3,(H,26,30). The van der Waals surface area contributed by atoms with Crippen LogP contribution in [0.15, 0.2) is 71.2 Å². The fourth-order valence-corrected chi connectivity index (χ4v) is 3.49. The molecule has 3 aromatic carbocycles. The minimum absolute atomic E-state index is 0.0197. The largest absolute Gasteiger partial charge is 0.319 e. The minimum atomic E-state index is -0.463. The molecule has 0 aliphatic rings. The number of nitrogens with one attached hydrogen (secondary N) is 1. The third-order valence-corrected chi connectivity index (χ3v) is 5.12. The number of hydrogen-bond donors (Lipinski definition) is 1. The van der Waals surface area contributed by atoms with E-state index in [1.807, 2.05) is 25.1 Å². The van der Waals surface area contributed by atoms with Gasteiger partial charge in [-0.15, -0.1) is 5.10 Å². The van der Waals surface area contributed by atoms with Gasteiger partial charge in [0.15, 0.2) is 5.82 Å². The fourth-order valence-electron chi connectivity index (χ4n) is 2.93. The highest BCUT2D eigenvalue weighted by Gasteiger charge is 2.20. The first-order chi connectivity index (χ1) is 14.4. The van der Waals surface area contributed by atoms with Gasteiger partial charge in [0, 0.05) is 20.7 Å². The Morgan fingerprint density at radius 3 is 2.60 bits per heavy atom. The van der Waals surface area contributed by atoms with E-state index in [4.69, 9.17) is 11.6 Å². The zero-order valence-electron chi connectivity index (χ0n) is 15.7. The van der Waals surface area contributed by atoms with Crippen LogP contribution in [0.3, 0.4) is 0 Å². The van der Waals surface area contributed by atoms with E-state index in [-0.39, 0.29) is 11.6 Å². The molecule has 150 valence electrons. The van der Waals surface area contributed by atoms with Gasteiger partial charge >= 0.3 is 0 Å². The highest BCUT2D eigenvalue weighted by atomic mass is 79.9. The van der Waals surface area contributed by atoms with E-state index >= 15 is 0 Å². The van der Waals surface area contributed by atoms with Crippen LogP contribution in [0.25, 0.3) is 17.1 Å². The van der Waals surface area contributed by atoms with Crippen molar-refractivity contribution in [2.24, 2.45) is 0 Å². The van der Waals surface area contributed by atoms with Crippen LogP contribution in [-0.2, 0) is 0 Å². The number of carbonyl (C=O) groups is 1. The van der Waals surface area contributed by atoms with E-state index in [1.165, 1.54) is 12.1 Å². The van der Waals surface area contributed by atoms with Crippen LogP contribution >= 0.6 is 27.5 Å². The molecule has 0 unspecified atom stereocenters. The smallest absolute Gasteiger partial charge is 0.295 e. The van der Waals surface area contributed by atoms with E-state index in [2.05, 4.69) is 31.3 Å². The third-order valence-electron chi connectivity index (χ3n) is 4.39. The molecule has 30 heavy (non-hydrogen) atoms. The lowest BCUT2D eigenvalue weighted by Crippen LogP contribution is -2.14. The molecule has 0 bridgehead atoms. The molecule has 0 saturated carbocycles. The van der Waals surface area contributed by atoms with Crippen molar-refractivity contribution < 1.29 is 9.18 Å². The second kappa shape index (κ2) is 8.38. The second-order valence-corrected chi connectivity index (χ2v) is 7.93. The molecule has 0 atom stereocenters. The average molecular weight is 486 g/mol. The Morgan fingerprint density at radius 2 is 1.87 bits per heavy atom. The van der Waals surface area contributed by atoms with Gasteiger partial charge in [0.2, 0.25) is 5.82 Å². The van der Waals surface area contributed by atoms with Gasteiger partial charge in [-0.05, 0) is 67.1 Å². The van der Waals surface area contributed by atoms with Crippen LogP contribution < -0.4 is 5.32 Å². The Balaban J connectivity index is 1.80. The van der Waals surface area contributed by atoms with Crippen molar-refractivity contribution >= 4 is 39.1 Å². The summed E-state index contributed by atoms with van der Waals surface area (Å²) in [6.07, 6.45) is 0. The number of hydrogen-bond acceptors (Lipinski definition) is 3. The lowest BCUT2D eigenvalue weighted by molar-refractivity contribution is 0.101. The summed E-state index contributed by atoms with van der Waals surface area (Å²) in [6.45, 7) is 1.91. The van der Waals surface area contributed by atoms with Crippen molar-refractivity contribution in [1.82, 2.24) is 14.8 Å². The number of carbonyl (C=O) groups excluding carboxylic acids is 1. The Hall–Kier alpha value is -3.03. The number of rotatable bonds is 4. The van der Waals surface area contributed by atoms with Crippen LogP contribution in [0.1, 0.15) is 16.2 Å². The van der Waals surface area contributed by atoms with Crippen LogP contribution in [-0.4, -0.2) is 20.7 Å². The zero-order chi connectivity index (χ0) is 21.3. The summed E-state index contributed by atoms with van der Waals surface area (Å²) in [5.74, 6) is -0.445. The normalized spacial score (nSPS) is 10.8. The van der Waals surface area contributed by atoms with Gasteiger partial charge in [-0.25, -0.2) is 14.1 Å². The van der Waals surface area contributed by atoms with Crippen molar-refractivity contribution in [3.63, 3.8) is 0 Å².